The van der Waals surface area contributed by atoms with Crippen LogP contribution in [0.4, 0.5) is 19.0 Å². The number of anilines is 1. The maximum Gasteiger partial charge on any atom is 0.259 e. The van der Waals surface area contributed by atoms with Gasteiger partial charge in [0, 0.05) is 5.39 Å². The molecule has 0 aliphatic rings. The molecule has 0 atom stereocenters. The summed E-state index contributed by atoms with van der Waals surface area (Å²) in [5.74, 6) is -5.62. The zero-order valence-electron chi connectivity index (χ0n) is 16.4. The van der Waals surface area contributed by atoms with E-state index >= 15 is 0 Å². The highest BCUT2D eigenvalue weighted by Crippen LogP contribution is 2.26. The van der Waals surface area contributed by atoms with Crippen molar-refractivity contribution in [2.24, 2.45) is 0 Å². The fraction of sp³-hybridized carbons (Fsp3) is 0.0909. The van der Waals surface area contributed by atoms with Crippen LogP contribution in [-0.2, 0) is 0 Å². The Bertz CT molecular complexity index is 1400. The van der Waals surface area contributed by atoms with Gasteiger partial charge >= 0.3 is 0 Å². The van der Waals surface area contributed by atoms with Crippen LogP contribution in [0.25, 0.3) is 16.7 Å². The number of amides is 1. The molecule has 9 heteroatoms. The van der Waals surface area contributed by atoms with Gasteiger partial charge in [0.25, 0.3) is 5.91 Å². The molecule has 0 saturated heterocycles. The number of hydrogen-bond donors (Lipinski definition) is 1. The van der Waals surface area contributed by atoms with Crippen molar-refractivity contribution in [1.82, 2.24) is 14.8 Å². The van der Waals surface area contributed by atoms with Crippen molar-refractivity contribution in [2.45, 2.75) is 13.8 Å². The van der Waals surface area contributed by atoms with Crippen LogP contribution >= 0.6 is 0 Å². The van der Waals surface area contributed by atoms with E-state index in [2.05, 4.69) is 15.4 Å². The Morgan fingerprint density at radius 2 is 1.87 bits per heavy atom. The third kappa shape index (κ3) is 3.38. The molecule has 0 bridgehead atoms. The molecular weight excluding hydrogens is 407 g/mol. The molecule has 4 rings (SSSR count). The molecule has 6 nitrogen and oxygen atoms in total. The summed E-state index contributed by atoms with van der Waals surface area (Å²) in [5.41, 5.74) is 1.80. The first-order valence-electron chi connectivity index (χ1n) is 9.12. The summed E-state index contributed by atoms with van der Waals surface area (Å²) in [5, 5.41) is 16.8. The zero-order chi connectivity index (χ0) is 22.3. The van der Waals surface area contributed by atoms with Gasteiger partial charge in [0.15, 0.2) is 29.1 Å². The van der Waals surface area contributed by atoms with Gasteiger partial charge in [-0.05, 0) is 43.2 Å². The molecule has 0 unspecified atom stereocenters. The number of aryl methyl sites for hydroxylation is 2. The highest BCUT2D eigenvalue weighted by Gasteiger charge is 2.22. The fourth-order valence-electron chi connectivity index (χ4n) is 3.25. The van der Waals surface area contributed by atoms with E-state index < -0.39 is 28.9 Å². The number of nitrogens with zero attached hydrogens (tertiary/aromatic N) is 4. The van der Waals surface area contributed by atoms with Gasteiger partial charge in [-0.25, -0.2) is 18.2 Å². The Labute approximate surface area is 174 Å². The lowest BCUT2D eigenvalue weighted by Crippen LogP contribution is -2.18. The van der Waals surface area contributed by atoms with Gasteiger partial charge < -0.3 is 5.32 Å². The number of nitriles is 1. The summed E-state index contributed by atoms with van der Waals surface area (Å²) in [6, 6.07) is 10.8. The van der Waals surface area contributed by atoms with Crippen molar-refractivity contribution in [3.8, 4) is 11.9 Å². The molecule has 0 fully saturated rings. The predicted molar refractivity (Wildman–Crippen MR) is 107 cm³/mol. The number of nitrogens with one attached hydrogen (secondary N) is 1. The second-order valence-corrected chi connectivity index (χ2v) is 6.88. The molecule has 0 aliphatic carbocycles. The van der Waals surface area contributed by atoms with Crippen molar-refractivity contribution in [3.05, 3.63) is 82.3 Å². The van der Waals surface area contributed by atoms with Crippen LogP contribution in [0.3, 0.4) is 0 Å². The third-order valence-corrected chi connectivity index (χ3v) is 4.85. The summed E-state index contributed by atoms with van der Waals surface area (Å²) in [6.45, 7) is 3.79. The predicted octanol–water partition coefficient (Wildman–Crippen LogP) is 4.58. The average Bonchev–Trinajstić information content (AvgIpc) is 3.15. The largest absolute Gasteiger partial charge is 0.305 e. The topological polar surface area (TPSA) is 83.6 Å². The monoisotopic (exact) mass is 421 g/mol. The molecular formula is C22H14F3N5O. The van der Waals surface area contributed by atoms with Crippen LogP contribution in [0.5, 0.6) is 0 Å². The number of benzene rings is 2. The molecule has 4 aromatic rings. The Hall–Kier alpha value is -4.19. The van der Waals surface area contributed by atoms with Crippen molar-refractivity contribution in [1.29, 1.82) is 5.26 Å². The second kappa shape index (κ2) is 7.57. The highest BCUT2D eigenvalue weighted by atomic mass is 19.2. The lowest BCUT2D eigenvalue weighted by molar-refractivity contribution is 0.102. The molecule has 31 heavy (non-hydrogen) atoms. The van der Waals surface area contributed by atoms with E-state index in [1.165, 1.54) is 10.9 Å². The molecule has 2 aromatic heterocycles. The van der Waals surface area contributed by atoms with E-state index in [-0.39, 0.29) is 11.4 Å². The van der Waals surface area contributed by atoms with Crippen molar-refractivity contribution >= 4 is 22.6 Å². The maximum atomic E-state index is 14.0. The number of aromatic nitrogens is 3. The smallest absolute Gasteiger partial charge is 0.259 e. The molecule has 0 radical (unpaired) electrons. The minimum atomic E-state index is -1.76. The first-order valence-corrected chi connectivity index (χ1v) is 9.12. The molecule has 0 aliphatic heterocycles. The van der Waals surface area contributed by atoms with Crippen LogP contribution in [0.1, 0.15) is 27.0 Å². The minimum Gasteiger partial charge on any atom is -0.305 e. The maximum absolute atomic E-state index is 14.0. The molecule has 2 aromatic carbocycles. The van der Waals surface area contributed by atoms with Gasteiger partial charge in [-0.3, -0.25) is 4.79 Å². The number of hydrogen-bond acceptors (Lipinski definition) is 4. The van der Waals surface area contributed by atoms with E-state index in [1.807, 2.05) is 38.1 Å². The summed E-state index contributed by atoms with van der Waals surface area (Å²) in [4.78, 5) is 17.2. The van der Waals surface area contributed by atoms with E-state index in [0.29, 0.717) is 11.9 Å². The molecule has 154 valence electrons. The van der Waals surface area contributed by atoms with Gasteiger partial charge in [0.2, 0.25) is 0 Å². The van der Waals surface area contributed by atoms with Crippen LogP contribution < -0.4 is 5.32 Å². The lowest BCUT2D eigenvalue weighted by Gasteiger charge is -2.12. The minimum absolute atomic E-state index is 0.0133. The van der Waals surface area contributed by atoms with Gasteiger partial charge in [0.05, 0.1) is 17.3 Å². The SMILES string of the molecule is Cc1cc(-n2ncc(C#N)c2NC(=O)c2ccc(F)c(F)c2F)nc2c(C)cccc12. The quantitative estimate of drug-likeness (QED) is 0.491. The van der Waals surface area contributed by atoms with Crippen molar-refractivity contribution < 1.29 is 18.0 Å². The van der Waals surface area contributed by atoms with E-state index in [4.69, 9.17) is 0 Å². The lowest BCUT2D eigenvalue weighted by atomic mass is 10.1. The van der Waals surface area contributed by atoms with E-state index in [1.54, 1.807) is 6.07 Å². The Kier molecular flexibility index (Phi) is 4.91. The Morgan fingerprint density at radius 3 is 2.61 bits per heavy atom. The summed E-state index contributed by atoms with van der Waals surface area (Å²) < 4.78 is 42.0. The fourth-order valence-corrected chi connectivity index (χ4v) is 3.25. The van der Waals surface area contributed by atoms with Crippen molar-refractivity contribution in [2.75, 3.05) is 5.32 Å². The zero-order valence-corrected chi connectivity index (χ0v) is 16.4. The Balaban J connectivity index is 1.82. The van der Waals surface area contributed by atoms with Crippen LogP contribution in [0, 0.1) is 42.6 Å². The second-order valence-electron chi connectivity index (χ2n) is 6.88. The highest BCUT2D eigenvalue weighted by molar-refractivity contribution is 6.04. The van der Waals surface area contributed by atoms with Gasteiger partial charge in [-0.15, -0.1) is 0 Å². The summed E-state index contributed by atoms with van der Waals surface area (Å²) >= 11 is 0. The molecule has 0 spiro atoms. The van der Waals surface area contributed by atoms with Gasteiger partial charge in [-0.2, -0.15) is 15.0 Å². The first-order chi connectivity index (χ1) is 14.8. The van der Waals surface area contributed by atoms with E-state index in [0.717, 1.165) is 28.1 Å². The summed E-state index contributed by atoms with van der Waals surface area (Å²) in [7, 11) is 0. The number of fused-ring (bicyclic) bond motifs is 1. The number of halogens is 3. The third-order valence-electron chi connectivity index (χ3n) is 4.85. The molecule has 1 N–H and O–H groups in total. The summed E-state index contributed by atoms with van der Waals surface area (Å²) in [6.07, 6.45) is 1.22. The van der Waals surface area contributed by atoms with Crippen molar-refractivity contribution in [3.63, 3.8) is 0 Å². The number of carbonyl (C=O) groups excluding carboxylic acids is 1. The average molecular weight is 421 g/mol. The molecule has 0 saturated carbocycles. The standard InChI is InChI=1S/C22H14F3N5O/c1-11-4-3-5-14-12(2)8-17(28-20(11)14)30-21(13(9-26)10-27-30)29-22(31)15-6-7-16(23)19(25)18(15)24/h3-8,10H,1-2H3,(H,29,31). The van der Waals surface area contributed by atoms with Gasteiger partial charge in [-0.1, -0.05) is 18.2 Å². The van der Waals surface area contributed by atoms with E-state index in [9.17, 15) is 23.2 Å². The number of para-hydroxylation sites is 1. The van der Waals surface area contributed by atoms with Gasteiger partial charge in [0.1, 0.15) is 11.6 Å². The number of carbonyl (C=O) groups is 1. The number of rotatable bonds is 3. The van der Waals surface area contributed by atoms with Crippen LogP contribution in [0.2, 0.25) is 0 Å². The molecule has 2 heterocycles. The number of pyridine rings is 1. The molecule has 1 amide bonds. The normalized spacial score (nSPS) is 10.8. The van der Waals surface area contributed by atoms with Crippen LogP contribution in [0.15, 0.2) is 42.6 Å². The Morgan fingerprint density at radius 1 is 1.10 bits per heavy atom. The van der Waals surface area contributed by atoms with Crippen LogP contribution in [-0.4, -0.2) is 20.7 Å². The first kappa shape index (κ1) is 20.1.